The van der Waals surface area contributed by atoms with Crippen LogP contribution in [0, 0.1) is 0 Å². The molecule has 0 saturated carbocycles. The number of hydrogen-bond acceptors (Lipinski definition) is 7. The van der Waals surface area contributed by atoms with Gasteiger partial charge >= 0.3 is 6.36 Å². The molecule has 0 aliphatic carbocycles. The molecule has 1 fully saturated rings. The van der Waals surface area contributed by atoms with Crippen molar-refractivity contribution < 1.29 is 31.9 Å². The fourth-order valence-electron chi connectivity index (χ4n) is 4.09. The van der Waals surface area contributed by atoms with E-state index in [2.05, 4.69) is 4.74 Å². The number of alkyl halides is 3. The van der Waals surface area contributed by atoms with E-state index in [1.54, 1.807) is 11.8 Å². The molecule has 7 nitrogen and oxygen atoms in total. The summed E-state index contributed by atoms with van der Waals surface area (Å²) in [7, 11) is 0. The Labute approximate surface area is 222 Å². The number of halogens is 3. The van der Waals surface area contributed by atoms with Gasteiger partial charge in [-0.1, -0.05) is 24.3 Å². The average Bonchev–Trinajstić information content (AvgIpc) is 3.13. The van der Waals surface area contributed by atoms with E-state index in [0.29, 0.717) is 44.9 Å². The van der Waals surface area contributed by atoms with E-state index in [9.17, 15) is 22.8 Å². The molecule has 1 aliphatic rings. The van der Waals surface area contributed by atoms with Crippen LogP contribution in [0.15, 0.2) is 75.0 Å². The van der Waals surface area contributed by atoms with Crippen molar-refractivity contribution in [1.82, 2.24) is 9.80 Å². The SMILES string of the molecule is CSc1ccc(COc2coc(CN3CCCN(C(=O)c4ccccc4OC(F)(F)F)CC3)cc2=O)cc1. The van der Waals surface area contributed by atoms with E-state index in [0.717, 1.165) is 16.5 Å². The van der Waals surface area contributed by atoms with Crippen LogP contribution in [-0.4, -0.2) is 54.5 Å². The lowest BCUT2D eigenvalue weighted by Crippen LogP contribution is -2.35. The first-order chi connectivity index (χ1) is 18.2. The highest BCUT2D eigenvalue weighted by Crippen LogP contribution is 2.27. The molecule has 0 N–H and O–H groups in total. The summed E-state index contributed by atoms with van der Waals surface area (Å²) in [6, 6.07) is 14.6. The highest BCUT2D eigenvalue weighted by atomic mass is 32.2. The zero-order valence-corrected chi connectivity index (χ0v) is 21.5. The molecule has 1 aliphatic heterocycles. The van der Waals surface area contributed by atoms with Crippen LogP contribution in [0.1, 0.15) is 28.1 Å². The summed E-state index contributed by atoms with van der Waals surface area (Å²) in [5, 5.41) is 0. The fraction of sp³-hybridized carbons (Fsp3) is 0.333. The average molecular weight is 549 g/mol. The van der Waals surface area contributed by atoms with E-state index < -0.39 is 18.0 Å². The Kier molecular flexibility index (Phi) is 9.01. The normalized spacial score (nSPS) is 14.7. The van der Waals surface area contributed by atoms with Crippen molar-refractivity contribution in [2.45, 2.75) is 30.8 Å². The lowest BCUT2D eigenvalue weighted by Gasteiger charge is -2.23. The maximum atomic E-state index is 13.0. The first kappa shape index (κ1) is 27.6. The molecule has 0 radical (unpaired) electrons. The van der Waals surface area contributed by atoms with Crippen LogP contribution < -0.4 is 14.9 Å². The number of carbonyl (C=O) groups is 1. The van der Waals surface area contributed by atoms with Gasteiger partial charge in [0.05, 0.1) is 12.1 Å². The zero-order valence-electron chi connectivity index (χ0n) is 20.7. The summed E-state index contributed by atoms with van der Waals surface area (Å²) in [5.74, 6) is -0.472. The maximum Gasteiger partial charge on any atom is 0.573 e. The van der Waals surface area contributed by atoms with Gasteiger partial charge in [0.15, 0.2) is 0 Å². The van der Waals surface area contributed by atoms with Crippen LogP contribution in [-0.2, 0) is 13.2 Å². The third-order valence-electron chi connectivity index (χ3n) is 6.00. The zero-order chi connectivity index (χ0) is 27.1. The second kappa shape index (κ2) is 12.4. The number of thioether (sulfide) groups is 1. The summed E-state index contributed by atoms with van der Waals surface area (Å²) in [5.41, 5.74) is 0.502. The molecule has 1 aromatic heterocycles. The van der Waals surface area contributed by atoms with Crippen LogP contribution in [0.25, 0.3) is 0 Å². The van der Waals surface area contributed by atoms with Gasteiger partial charge in [0.2, 0.25) is 11.2 Å². The van der Waals surface area contributed by atoms with Crippen molar-refractivity contribution in [3.8, 4) is 11.5 Å². The minimum Gasteiger partial charge on any atom is -0.482 e. The van der Waals surface area contributed by atoms with Gasteiger partial charge in [0.1, 0.15) is 24.4 Å². The molecule has 3 aromatic rings. The third kappa shape index (κ3) is 7.55. The fourth-order valence-corrected chi connectivity index (χ4v) is 4.50. The summed E-state index contributed by atoms with van der Waals surface area (Å²) >= 11 is 1.64. The third-order valence-corrected chi connectivity index (χ3v) is 6.75. The second-order valence-corrected chi connectivity index (χ2v) is 9.56. The van der Waals surface area contributed by atoms with Gasteiger partial charge in [-0.3, -0.25) is 14.5 Å². The number of rotatable bonds is 8. The predicted molar refractivity (Wildman–Crippen MR) is 136 cm³/mol. The van der Waals surface area contributed by atoms with Crippen LogP contribution in [0.4, 0.5) is 13.2 Å². The summed E-state index contributed by atoms with van der Waals surface area (Å²) in [4.78, 5) is 30.2. The van der Waals surface area contributed by atoms with Gasteiger partial charge in [0, 0.05) is 37.1 Å². The van der Waals surface area contributed by atoms with Crippen LogP contribution in [0.5, 0.6) is 11.5 Å². The number of carbonyl (C=O) groups excluding carboxylic acids is 1. The van der Waals surface area contributed by atoms with Gasteiger partial charge in [-0.05, 0) is 42.5 Å². The molecule has 0 spiro atoms. The van der Waals surface area contributed by atoms with Crippen LogP contribution in [0.2, 0.25) is 0 Å². The largest absolute Gasteiger partial charge is 0.573 e. The maximum absolute atomic E-state index is 13.0. The molecule has 0 unspecified atom stereocenters. The molecule has 1 amide bonds. The molecule has 1 saturated heterocycles. The number of amides is 1. The summed E-state index contributed by atoms with van der Waals surface area (Å²) in [6.07, 6.45) is -0.985. The lowest BCUT2D eigenvalue weighted by molar-refractivity contribution is -0.274. The Balaban J connectivity index is 1.33. The topological polar surface area (TPSA) is 72.2 Å². The van der Waals surface area contributed by atoms with E-state index in [1.165, 1.54) is 35.4 Å². The van der Waals surface area contributed by atoms with Gasteiger partial charge < -0.3 is 18.8 Å². The number of benzene rings is 2. The Bertz CT molecular complexity index is 1300. The quantitative estimate of drug-likeness (QED) is 0.359. The Morgan fingerprint density at radius 2 is 1.79 bits per heavy atom. The molecule has 4 rings (SSSR count). The molecule has 0 bridgehead atoms. The monoisotopic (exact) mass is 548 g/mol. The molecule has 202 valence electrons. The van der Waals surface area contributed by atoms with Crippen molar-refractivity contribution in [3.63, 3.8) is 0 Å². The smallest absolute Gasteiger partial charge is 0.482 e. The highest BCUT2D eigenvalue weighted by molar-refractivity contribution is 7.98. The van der Waals surface area contributed by atoms with E-state index >= 15 is 0 Å². The first-order valence-electron chi connectivity index (χ1n) is 12.0. The van der Waals surface area contributed by atoms with Crippen molar-refractivity contribution in [2.75, 3.05) is 32.4 Å². The molecule has 38 heavy (non-hydrogen) atoms. The van der Waals surface area contributed by atoms with Gasteiger partial charge in [-0.25, -0.2) is 0 Å². The van der Waals surface area contributed by atoms with E-state index in [-0.39, 0.29) is 23.3 Å². The number of ether oxygens (including phenoxy) is 2. The van der Waals surface area contributed by atoms with E-state index in [4.69, 9.17) is 9.15 Å². The predicted octanol–water partition coefficient (Wildman–Crippen LogP) is 5.19. The number of para-hydroxylation sites is 1. The van der Waals surface area contributed by atoms with Crippen molar-refractivity contribution in [3.05, 3.63) is 88.0 Å². The van der Waals surface area contributed by atoms with Crippen molar-refractivity contribution >= 4 is 17.7 Å². The molecule has 0 atom stereocenters. The standard InChI is InChI=1S/C27H27F3N2O5S/c1-38-21-9-7-19(8-10-21)17-36-25-18-35-20(15-23(25)33)16-31-11-4-12-32(14-13-31)26(34)22-5-2-3-6-24(22)37-27(28,29)30/h2-3,5-10,15,18H,4,11-14,16-17H2,1H3. The van der Waals surface area contributed by atoms with Gasteiger partial charge in [-0.2, -0.15) is 0 Å². The van der Waals surface area contributed by atoms with Gasteiger partial charge in [0.25, 0.3) is 5.91 Å². The van der Waals surface area contributed by atoms with Crippen molar-refractivity contribution in [1.29, 1.82) is 0 Å². The molecule has 11 heteroatoms. The van der Waals surface area contributed by atoms with Crippen molar-refractivity contribution in [2.24, 2.45) is 0 Å². The molecule has 2 heterocycles. The van der Waals surface area contributed by atoms with Gasteiger partial charge in [-0.15, -0.1) is 24.9 Å². The molecule has 2 aromatic carbocycles. The first-order valence-corrected chi connectivity index (χ1v) is 13.2. The second-order valence-electron chi connectivity index (χ2n) is 8.68. The summed E-state index contributed by atoms with van der Waals surface area (Å²) < 4.78 is 53.6. The molecular weight excluding hydrogens is 521 g/mol. The number of nitrogens with zero attached hydrogens (tertiary/aromatic N) is 2. The Hall–Kier alpha value is -3.44. The minimum atomic E-state index is -4.89. The highest BCUT2D eigenvalue weighted by Gasteiger charge is 2.33. The minimum absolute atomic E-state index is 0.120. The molecular formula is C27H27F3N2O5S. The van der Waals surface area contributed by atoms with Crippen LogP contribution in [0.3, 0.4) is 0 Å². The lowest BCUT2D eigenvalue weighted by atomic mass is 10.1. The summed E-state index contributed by atoms with van der Waals surface area (Å²) in [6.45, 7) is 2.36. The van der Waals surface area contributed by atoms with E-state index in [1.807, 2.05) is 35.4 Å². The number of hydrogen-bond donors (Lipinski definition) is 0. The van der Waals surface area contributed by atoms with Crippen LogP contribution >= 0.6 is 11.8 Å². The Morgan fingerprint density at radius 1 is 1.03 bits per heavy atom. The Morgan fingerprint density at radius 3 is 2.50 bits per heavy atom.